The number of methoxy groups -OCH3 is 1. The summed E-state index contributed by atoms with van der Waals surface area (Å²) in [7, 11) is 3.46. The van der Waals surface area contributed by atoms with E-state index in [1.54, 1.807) is 24.2 Å². The van der Waals surface area contributed by atoms with Crippen molar-refractivity contribution >= 4 is 5.82 Å². The van der Waals surface area contributed by atoms with Gasteiger partial charge in [-0.3, -0.25) is 9.78 Å². The molecule has 0 aliphatic heterocycles. The number of H-pyrrole nitrogens is 1. The summed E-state index contributed by atoms with van der Waals surface area (Å²) < 4.78 is 7.08. The molecular weight excluding hydrogens is 254 g/mol. The number of hydrogen-bond acceptors (Lipinski definition) is 4. The highest BCUT2D eigenvalue weighted by Crippen LogP contribution is 2.39. The predicted octanol–water partition coefficient (Wildman–Crippen LogP) is 2.07. The molecule has 0 aliphatic carbocycles. The van der Waals surface area contributed by atoms with Crippen LogP contribution in [0.4, 0.5) is 5.82 Å². The van der Waals surface area contributed by atoms with Gasteiger partial charge in [0, 0.05) is 24.4 Å². The Hall–Kier alpha value is -2.76. The Kier molecular flexibility index (Phi) is 2.90. The van der Waals surface area contributed by atoms with E-state index in [0.717, 1.165) is 28.1 Å². The number of nitrogens with two attached hydrogens (primary N) is 1. The molecule has 6 heteroatoms. The van der Waals surface area contributed by atoms with E-state index >= 15 is 0 Å². The summed E-state index contributed by atoms with van der Waals surface area (Å²) in [4.78, 5) is 0. The smallest absolute Gasteiger partial charge is 0.130 e. The lowest BCUT2D eigenvalue weighted by Gasteiger charge is -2.08. The fraction of sp³-hybridized carbons (Fsp3) is 0.143. The maximum absolute atomic E-state index is 6.18. The molecule has 6 nitrogen and oxygen atoms in total. The van der Waals surface area contributed by atoms with Crippen LogP contribution < -0.4 is 10.5 Å². The molecule has 0 atom stereocenters. The zero-order chi connectivity index (χ0) is 14.1. The molecule has 3 aromatic rings. The minimum Gasteiger partial charge on any atom is -0.496 e. The maximum Gasteiger partial charge on any atom is 0.130 e. The minimum absolute atomic E-state index is 0.589. The molecule has 0 saturated heterocycles. The van der Waals surface area contributed by atoms with Gasteiger partial charge in [-0.2, -0.15) is 10.2 Å². The second-order valence-corrected chi connectivity index (χ2v) is 4.42. The number of ether oxygens (including phenoxy) is 1. The lowest BCUT2D eigenvalue weighted by Crippen LogP contribution is -1.98. The molecule has 0 bridgehead atoms. The average molecular weight is 269 g/mol. The number of rotatable bonds is 3. The minimum atomic E-state index is 0.589. The van der Waals surface area contributed by atoms with Crippen LogP contribution in [0.15, 0.2) is 36.7 Å². The van der Waals surface area contributed by atoms with Crippen molar-refractivity contribution in [2.24, 2.45) is 7.05 Å². The van der Waals surface area contributed by atoms with Crippen molar-refractivity contribution in [2.75, 3.05) is 12.8 Å². The third kappa shape index (κ3) is 1.82. The molecule has 2 aromatic heterocycles. The van der Waals surface area contributed by atoms with Gasteiger partial charge in [0.25, 0.3) is 0 Å². The number of nitrogen functional groups attached to an aromatic ring is 1. The van der Waals surface area contributed by atoms with Gasteiger partial charge in [0.05, 0.1) is 18.9 Å². The van der Waals surface area contributed by atoms with Crippen molar-refractivity contribution in [3.8, 4) is 28.1 Å². The molecule has 102 valence electrons. The number of para-hydroxylation sites is 1. The van der Waals surface area contributed by atoms with E-state index < -0.39 is 0 Å². The Morgan fingerprint density at radius 2 is 2.10 bits per heavy atom. The first-order chi connectivity index (χ1) is 9.72. The molecule has 0 amide bonds. The predicted molar refractivity (Wildman–Crippen MR) is 77.2 cm³/mol. The van der Waals surface area contributed by atoms with Gasteiger partial charge in [-0.05, 0) is 6.07 Å². The van der Waals surface area contributed by atoms with Gasteiger partial charge >= 0.3 is 0 Å². The molecule has 0 radical (unpaired) electrons. The Labute approximate surface area is 116 Å². The van der Waals surface area contributed by atoms with Gasteiger partial charge in [-0.15, -0.1) is 0 Å². The Morgan fingerprint density at radius 3 is 2.80 bits per heavy atom. The average Bonchev–Trinajstić information content (AvgIpc) is 3.08. The topological polar surface area (TPSA) is 81.8 Å². The molecule has 0 aliphatic rings. The second kappa shape index (κ2) is 4.73. The SMILES string of the molecule is COc1ccccc1-c1c(-c2cn[nH]c2)nn(C)c1N. The first kappa shape index (κ1) is 12.3. The fourth-order valence-corrected chi connectivity index (χ4v) is 2.24. The monoisotopic (exact) mass is 269 g/mol. The van der Waals surface area contributed by atoms with Crippen molar-refractivity contribution in [3.05, 3.63) is 36.7 Å². The number of benzene rings is 1. The van der Waals surface area contributed by atoms with E-state index in [2.05, 4.69) is 15.3 Å². The van der Waals surface area contributed by atoms with Crippen LogP contribution in [0.1, 0.15) is 0 Å². The van der Waals surface area contributed by atoms with E-state index in [9.17, 15) is 0 Å². The number of anilines is 1. The van der Waals surface area contributed by atoms with Gasteiger partial charge in [-0.1, -0.05) is 18.2 Å². The van der Waals surface area contributed by atoms with Crippen LogP contribution in [0.5, 0.6) is 5.75 Å². The lowest BCUT2D eigenvalue weighted by atomic mass is 10.0. The molecule has 1 aromatic carbocycles. The Balaban J connectivity index is 2.28. The molecule has 20 heavy (non-hydrogen) atoms. The first-order valence-electron chi connectivity index (χ1n) is 6.17. The molecule has 3 N–H and O–H groups in total. The van der Waals surface area contributed by atoms with Crippen LogP contribution in [-0.2, 0) is 7.05 Å². The zero-order valence-corrected chi connectivity index (χ0v) is 11.3. The van der Waals surface area contributed by atoms with Gasteiger partial charge in [0.2, 0.25) is 0 Å². The number of nitrogens with zero attached hydrogens (tertiary/aromatic N) is 3. The summed E-state index contributed by atoms with van der Waals surface area (Å²) >= 11 is 0. The second-order valence-electron chi connectivity index (χ2n) is 4.42. The summed E-state index contributed by atoms with van der Waals surface area (Å²) in [5.74, 6) is 1.35. The van der Waals surface area contributed by atoms with Gasteiger partial charge in [-0.25, -0.2) is 0 Å². The van der Waals surface area contributed by atoms with Crippen molar-refractivity contribution < 1.29 is 4.74 Å². The molecule has 2 heterocycles. The van der Waals surface area contributed by atoms with E-state index in [0.29, 0.717) is 5.82 Å². The quantitative estimate of drug-likeness (QED) is 0.762. The number of hydrogen-bond donors (Lipinski definition) is 2. The van der Waals surface area contributed by atoms with Crippen LogP contribution in [0.25, 0.3) is 22.4 Å². The maximum atomic E-state index is 6.18. The van der Waals surface area contributed by atoms with Crippen molar-refractivity contribution in [2.45, 2.75) is 0 Å². The third-order valence-electron chi connectivity index (χ3n) is 3.24. The molecule has 0 spiro atoms. The lowest BCUT2D eigenvalue weighted by molar-refractivity contribution is 0.416. The highest BCUT2D eigenvalue weighted by atomic mass is 16.5. The highest BCUT2D eigenvalue weighted by molar-refractivity contribution is 5.90. The molecular formula is C14H15N5O. The highest BCUT2D eigenvalue weighted by Gasteiger charge is 2.20. The number of aryl methyl sites for hydroxylation is 1. The van der Waals surface area contributed by atoms with Crippen LogP contribution in [0.2, 0.25) is 0 Å². The fourth-order valence-electron chi connectivity index (χ4n) is 2.24. The summed E-state index contributed by atoms with van der Waals surface area (Å²) in [6.07, 6.45) is 3.52. The summed E-state index contributed by atoms with van der Waals surface area (Å²) in [5.41, 5.74) is 9.61. The molecule has 0 saturated carbocycles. The van der Waals surface area contributed by atoms with E-state index in [1.165, 1.54) is 0 Å². The van der Waals surface area contributed by atoms with Gasteiger partial charge in [0.15, 0.2) is 0 Å². The summed E-state index contributed by atoms with van der Waals surface area (Å²) in [6.45, 7) is 0. The third-order valence-corrected chi connectivity index (χ3v) is 3.24. The van der Waals surface area contributed by atoms with Crippen LogP contribution in [-0.4, -0.2) is 27.1 Å². The van der Waals surface area contributed by atoms with Gasteiger partial charge < -0.3 is 10.5 Å². The Morgan fingerprint density at radius 1 is 1.30 bits per heavy atom. The summed E-state index contributed by atoms with van der Waals surface area (Å²) in [6, 6.07) is 7.74. The van der Waals surface area contributed by atoms with Crippen molar-refractivity contribution in [1.29, 1.82) is 0 Å². The van der Waals surface area contributed by atoms with Crippen molar-refractivity contribution in [3.63, 3.8) is 0 Å². The van der Waals surface area contributed by atoms with Crippen molar-refractivity contribution in [1.82, 2.24) is 20.0 Å². The first-order valence-corrected chi connectivity index (χ1v) is 6.17. The van der Waals surface area contributed by atoms with Gasteiger partial charge in [0.1, 0.15) is 17.3 Å². The normalized spacial score (nSPS) is 10.7. The molecule has 0 fully saturated rings. The summed E-state index contributed by atoms with van der Waals surface area (Å²) in [5, 5.41) is 11.2. The zero-order valence-electron chi connectivity index (χ0n) is 11.3. The standard InChI is InChI=1S/C14H15N5O/c1-19-14(15)12(10-5-3-4-6-11(10)20-2)13(18-19)9-7-16-17-8-9/h3-8H,15H2,1-2H3,(H,16,17). The van der Waals surface area contributed by atoms with E-state index in [4.69, 9.17) is 10.5 Å². The van der Waals surface area contributed by atoms with E-state index in [-0.39, 0.29) is 0 Å². The number of aromatic amines is 1. The van der Waals surface area contributed by atoms with Crippen LogP contribution >= 0.6 is 0 Å². The van der Waals surface area contributed by atoms with E-state index in [1.807, 2.05) is 31.3 Å². The largest absolute Gasteiger partial charge is 0.496 e. The molecule has 3 rings (SSSR count). The Bertz CT molecular complexity index is 730. The van der Waals surface area contributed by atoms with Crippen LogP contribution in [0.3, 0.4) is 0 Å². The molecule has 0 unspecified atom stereocenters. The van der Waals surface area contributed by atoms with Crippen LogP contribution in [0, 0.1) is 0 Å². The number of nitrogens with one attached hydrogen (secondary N) is 1. The number of aromatic nitrogens is 4.